The highest BCUT2D eigenvalue weighted by molar-refractivity contribution is 8.13. The Morgan fingerprint density at radius 2 is 2.29 bits per heavy atom. The summed E-state index contributed by atoms with van der Waals surface area (Å²) in [5.74, 6) is 1.97. The van der Waals surface area contributed by atoms with Crippen LogP contribution in [0.5, 0.6) is 5.75 Å². The van der Waals surface area contributed by atoms with E-state index in [-0.39, 0.29) is 12.3 Å². The second kappa shape index (κ2) is 12.3. The van der Waals surface area contributed by atoms with Crippen molar-refractivity contribution >= 4 is 36.1 Å². The molecule has 0 aromatic carbocycles. The summed E-state index contributed by atoms with van der Waals surface area (Å²) in [6.07, 6.45) is 6.31. The maximum Gasteiger partial charge on any atom is 0.226 e. The van der Waals surface area contributed by atoms with Crippen LogP contribution in [0.15, 0.2) is 33.5 Å². The molecule has 1 aliphatic rings. The fourth-order valence-electron chi connectivity index (χ4n) is 3.39. The predicted molar refractivity (Wildman–Crippen MR) is 117 cm³/mol. The van der Waals surface area contributed by atoms with Crippen molar-refractivity contribution in [1.29, 1.82) is 0 Å². The number of rotatable bonds is 10. The highest BCUT2D eigenvalue weighted by atomic mass is 32.2. The van der Waals surface area contributed by atoms with Crippen LogP contribution in [0.4, 0.5) is 0 Å². The maximum absolute atomic E-state index is 12.2. The Hall–Kier alpha value is -2.22. The first-order chi connectivity index (χ1) is 13.7. The summed E-state index contributed by atoms with van der Waals surface area (Å²) in [4.78, 5) is 20.5. The van der Waals surface area contributed by atoms with E-state index in [0.29, 0.717) is 30.0 Å². The fraction of sp³-hybridized carbons (Fsp3) is 0.550. The highest BCUT2D eigenvalue weighted by Crippen LogP contribution is 2.33. The van der Waals surface area contributed by atoms with E-state index in [4.69, 9.17) is 4.74 Å². The zero-order chi connectivity index (χ0) is 20.2. The van der Waals surface area contributed by atoms with Crippen LogP contribution in [0.3, 0.4) is 0 Å². The Morgan fingerprint density at radius 1 is 1.43 bits per heavy atom. The standard InChI is InChI=1S/C20H29N5O2S/c1-4-27-18-8-9-23-17(11-18)12-19(26)24-14-28-20(25-22-3)16-7-5-6-15(10-16)13-21-2/h8-9,11,15-16H,2-7,10,12-14H2,1H3,(H,24,26)/b25-20-/t15-,16?/m0/s1. The lowest BCUT2D eigenvalue weighted by molar-refractivity contribution is -0.120. The van der Waals surface area contributed by atoms with E-state index >= 15 is 0 Å². The molecule has 1 aromatic rings. The highest BCUT2D eigenvalue weighted by Gasteiger charge is 2.26. The summed E-state index contributed by atoms with van der Waals surface area (Å²) in [7, 11) is 0. The van der Waals surface area contributed by atoms with Crippen LogP contribution < -0.4 is 10.1 Å². The van der Waals surface area contributed by atoms with Gasteiger partial charge in [0.25, 0.3) is 0 Å². The summed E-state index contributed by atoms with van der Waals surface area (Å²) in [5, 5.41) is 11.8. The minimum Gasteiger partial charge on any atom is -0.494 e. The second-order valence-corrected chi connectivity index (χ2v) is 7.69. The van der Waals surface area contributed by atoms with E-state index in [1.807, 2.05) is 6.92 Å². The van der Waals surface area contributed by atoms with E-state index in [2.05, 4.69) is 38.9 Å². The first-order valence-electron chi connectivity index (χ1n) is 9.59. The molecular formula is C20H29N5O2S. The molecule has 1 N–H and O–H groups in total. The Bertz CT molecular complexity index is 695. The van der Waals surface area contributed by atoms with Crippen LogP contribution in [0.25, 0.3) is 0 Å². The van der Waals surface area contributed by atoms with E-state index in [1.165, 1.54) is 18.2 Å². The molecule has 0 saturated heterocycles. The molecule has 152 valence electrons. The van der Waals surface area contributed by atoms with Gasteiger partial charge in [0.2, 0.25) is 5.91 Å². The zero-order valence-corrected chi connectivity index (χ0v) is 17.3. The van der Waals surface area contributed by atoms with E-state index in [1.54, 1.807) is 18.3 Å². The third-order valence-corrected chi connectivity index (χ3v) is 5.62. The van der Waals surface area contributed by atoms with Gasteiger partial charge in [-0.2, -0.15) is 5.10 Å². The molecule has 1 unspecified atom stereocenters. The van der Waals surface area contributed by atoms with Gasteiger partial charge in [0.05, 0.1) is 24.6 Å². The molecular weight excluding hydrogens is 374 g/mol. The summed E-state index contributed by atoms with van der Waals surface area (Å²) in [6, 6.07) is 3.58. The molecule has 1 fully saturated rings. The van der Waals surface area contributed by atoms with Crippen LogP contribution in [0.2, 0.25) is 0 Å². The number of thioether (sulfide) groups is 1. The molecule has 28 heavy (non-hydrogen) atoms. The molecule has 2 rings (SSSR count). The molecule has 2 atom stereocenters. The molecule has 1 aliphatic carbocycles. The lowest BCUT2D eigenvalue weighted by atomic mass is 9.82. The predicted octanol–water partition coefficient (Wildman–Crippen LogP) is 3.35. The quantitative estimate of drug-likeness (QED) is 0.281. The molecule has 0 aliphatic heterocycles. The second-order valence-electron chi connectivity index (χ2n) is 6.70. The van der Waals surface area contributed by atoms with Gasteiger partial charge >= 0.3 is 0 Å². The van der Waals surface area contributed by atoms with Crippen LogP contribution in [-0.4, -0.2) is 48.4 Å². The Kier molecular flexibility index (Phi) is 9.68. The van der Waals surface area contributed by atoms with Crippen LogP contribution in [0, 0.1) is 11.8 Å². The summed E-state index contributed by atoms with van der Waals surface area (Å²) < 4.78 is 5.44. The van der Waals surface area contributed by atoms with Gasteiger partial charge in [0.15, 0.2) is 0 Å². The number of pyridine rings is 1. The van der Waals surface area contributed by atoms with Crippen molar-refractivity contribution in [3.63, 3.8) is 0 Å². The molecule has 0 spiro atoms. The van der Waals surface area contributed by atoms with Gasteiger partial charge in [-0.15, -0.1) is 5.10 Å². The number of ether oxygens (including phenoxy) is 1. The van der Waals surface area contributed by atoms with Gasteiger partial charge in [-0.1, -0.05) is 18.2 Å². The van der Waals surface area contributed by atoms with Gasteiger partial charge in [-0.25, -0.2) is 0 Å². The maximum atomic E-state index is 12.2. The number of hydrogen-bond acceptors (Lipinski definition) is 7. The number of hydrogen-bond donors (Lipinski definition) is 1. The lowest BCUT2D eigenvalue weighted by Crippen LogP contribution is -2.28. The molecule has 0 bridgehead atoms. The average molecular weight is 404 g/mol. The normalized spacial score (nSPS) is 19.7. The van der Waals surface area contributed by atoms with Gasteiger partial charge in [0.1, 0.15) is 10.8 Å². The van der Waals surface area contributed by atoms with Crippen molar-refractivity contribution in [2.75, 3.05) is 19.0 Å². The third kappa shape index (κ3) is 7.42. The molecule has 0 radical (unpaired) electrons. The molecule has 7 nitrogen and oxygen atoms in total. The number of amides is 1. The monoisotopic (exact) mass is 403 g/mol. The Morgan fingerprint density at radius 3 is 3.04 bits per heavy atom. The Balaban J connectivity index is 1.82. The molecule has 8 heteroatoms. The minimum absolute atomic E-state index is 0.0862. The largest absolute Gasteiger partial charge is 0.494 e. The summed E-state index contributed by atoms with van der Waals surface area (Å²) in [5.41, 5.74) is 0.683. The topological polar surface area (TPSA) is 88.3 Å². The molecule has 1 saturated carbocycles. The zero-order valence-electron chi connectivity index (χ0n) is 16.5. The van der Waals surface area contributed by atoms with Crippen molar-refractivity contribution in [1.82, 2.24) is 10.3 Å². The van der Waals surface area contributed by atoms with Crippen LogP contribution in [0.1, 0.15) is 38.3 Å². The number of aromatic nitrogens is 1. The molecule has 1 aromatic heterocycles. The van der Waals surface area contributed by atoms with E-state index in [0.717, 1.165) is 36.6 Å². The van der Waals surface area contributed by atoms with Gasteiger partial charge < -0.3 is 15.0 Å². The Labute approximate surface area is 171 Å². The van der Waals surface area contributed by atoms with Crippen molar-refractivity contribution in [3.8, 4) is 5.75 Å². The number of nitrogens with zero attached hydrogens (tertiary/aromatic N) is 4. The SMILES string of the molecule is C=NC[C@H]1CCCC(/C(=N/N=C)SCNC(=O)Cc2cc(OCC)ccn2)C1. The van der Waals surface area contributed by atoms with Crippen LogP contribution >= 0.6 is 11.8 Å². The van der Waals surface area contributed by atoms with Crippen molar-refractivity contribution in [2.45, 2.75) is 39.0 Å². The van der Waals surface area contributed by atoms with Crippen molar-refractivity contribution in [3.05, 3.63) is 24.0 Å². The number of carbonyl (C=O) groups excluding carboxylic acids is 1. The molecule has 1 amide bonds. The average Bonchev–Trinajstić information content (AvgIpc) is 2.68. The summed E-state index contributed by atoms with van der Waals surface area (Å²) in [6.45, 7) is 10.4. The van der Waals surface area contributed by atoms with Gasteiger partial charge in [-0.05, 0) is 44.9 Å². The van der Waals surface area contributed by atoms with Crippen molar-refractivity contribution in [2.24, 2.45) is 27.0 Å². The fourth-order valence-corrected chi connectivity index (χ4v) is 4.33. The van der Waals surface area contributed by atoms with E-state index in [9.17, 15) is 4.79 Å². The number of aliphatic imine (C=N–C) groups is 1. The van der Waals surface area contributed by atoms with Crippen LogP contribution in [-0.2, 0) is 11.2 Å². The lowest BCUT2D eigenvalue weighted by Gasteiger charge is -2.28. The first kappa shape index (κ1) is 22.1. The van der Waals surface area contributed by atoms with Gasteiger partial charge in [-0.3, -0.25) is 9.78 Å². The van der Waals surface area contributed by atoms with Gasteiger partial charge in [0, 0.05) is 31.4 Å². The minimum atomic E-state index is -0.0862. The summed E-state index contributed by atoms with van der Waals surface area (Å²) >= 11 is 1.52. The first-order valence-corrected chi connectivity index (χ1v) is 10.6. The number of carbonyl (C=O) groups is 1. The molecule has 1 heterocycles. The van der Waals surface area contributed by atoms with Crippen molar-refractivity contribution < 1.29 is 9.53 Å². The number of nitrogens with one attached hydrogen (secondary N) is 1. The third-order valence-electron chi connectivity index (χ3n) is 4.62. The van der Waals surface area contributed by atoms with E-state index < -0.39 is 0 Å². The smallest absolute Gasteiger partial charge is 0.226 e.